The summed E-state index contributed by atoms with van der Waals surface area (Å²) in [7, 11) is 1.60. The lowest BCUT2D eigenvalue weighted by Crippen LogP contribution is -2.33. The van der Waals surface area contributed by atoms with Crippen LogP contribution in [-0.4, -0.2) is 47.8 Å². The predicted octanol–water partition coefficient (Wildman–Crippen LogP) is 3.55. The average Bonchev–Trinajstić information content (AvgIpc) is 2.80. The molecular formula is C20H29N3O3. The van der Waals surface area contributed by atoms with Crippen molar-refractivity contribution in [1.82, 2.24) is 9.80 Å². The quantitative estimate of drug-likeness (QED) is 0.757. The summed E-state index contributed by atoms with van der Waals surface area (Å²) in [5.41, 5.74) is 3.14. The van der Waals surface area contributed by atoms with Gasteiger partial charge in [-0.15, -0.1) is 0 Å². The number of carbonyl (C=O) groups is 3. The molecule has 1 aliphatic rings. The summed E-state index contributed by atoms with van der Waals surface area (Å²) in [6.07, 6.45) is 0.725. The molecule has 1 fully saturated rings. The Hall–Kier alpha value is -2.37. The summed E-state index contributed by atoms with van der Waals surface area (Å²) < 4.78 is 0. The van der Waals surface area contributed by atoms with E-state index in [1.807, 2.05) is 18.2 Å². The van der Waals surface area contributed by atoms with E-state index in [9.17, 15) is 14.4 Å². The molecule has 0 saturated carbocycles. The highest BCUT2D eigenvalue weighted by molar-refractivity contribution is 6.01. The van der Waals surface area contributed by atoms with Crippen LogP contribution in [0.3, 0.4) is 0 Å². The van der Waals surface area contributed by atoms with Crippen LogP contribution in [0.4, 0.5) is 10.5 Å². The van der Waals surface area contributed by atoms with Gasteiger partial charge in [-0.1, -0.05) is 45.9 Å². The Morgan fingerprint density at radius 1 is 1.12 bits per heavy atom. The van der Waals surface area contributed by atoms with Crippen LogP contribution in [0.15, 0.2) is 18.2 Å². The number of benzene rings is 1. The molecule has 0 atom stereocenters. The highest BCUT2D eigenvalue weighted by atomic mass is 16.2. The Labute approximate surface area is 155 Å². The van der Waals surface area contributed by atoms with Gasteiger partial charge in [0.05, 0.1) is 0 Å². The molecule has 2 rings (SSSR count). The second-order valence-corrected chi connectivity index (χ2v) is 7.46. The van der Waals surface area contributed by atoms with Crippen LogP contribution in [0, 0.1) is 0 Å². The van der Waals surface area contributed by atoms with Crippen molar-refractivity contribution in [1.29, 1.82) is 0 Å². The fourth-order valence-electron chi connectivity index (χ4n) is 3.18. The first kappa shape index (κ1) is 19.9. The molecule has 0 spiro atoms. The van der Waals surface area contributed by atoms with Gasteiger partial charge in [0.2, 0.25) is 11.8 Å². The van der Waals surface area contributed by atoms with E-state index < -0.39 is 0 Å². The van der Waals surface area contributed by atoms with Gasteiger partial charge in [-0.3, -0.25) is 14.5 Å². The molecular weight excluding hydrogens is 330 g/mol. The molecule has 1 saturated heterocycles. The van der Waals surface area contributed by atoms with Gasteiger partial charge < -0.3 is 10.2 Å². The van der Waals surface area contributed by atoms with Crippen LogP contribution < -0.4 is 5.32 Å². The van der Waals surface area contributed by atoms with Crippen LogP contribution in [0.5, 0.6) is 0 Å². The number of imide groups is 1. The Kier molecular flexibility index (Phi) is 6.40. The standard InChI is InChI=1S/C20H29N3O3/c1-13(2)15-8-6-9-16(14(3)4)19(15)21-17(24)10-7-11-23-18(25)12-22(5)20(23)26/h6,8-9,13-14H,7,10-12H2,1-5H3,(H,21,24). The zero-order valence-corrected chi connectivity index (χ0v) is 16.3. The Morgan fingerprint density at radius 3 is 2.15 bits per heavy atom. The Bertz CT molecular complexity index is 671. The number of urea groups is 1. The van der Waals surface area contributed by atoms with Gasteiger partial charge in [-0.05, 0) is 29.4 Å². The number of carbonyl (C=O) groups excluding carboxylic acids is 3. The van der Waals surface area contributed by atoms with Gasteiger partial charge in [0.25, 0.3) is 0 Å². The van der Waals surface area contributed by atoms with Gasteiger partial charge in [0, 0.05) is 25.7 Å². The summed E-state index contributed by atoms with van der Waals surface area (Å²) in [5, 5.41) is 3.06. The summed E-state index contributed by atoms with van der Waals surface area (Å²) in [6.45, 7) is 8.82. The minimum atomic E-state index is -0.289. The lowest BCUT2D eigenvalue weighted by atomic mass is 9.92. The molecule has 0 unspecified atom stereocenters. The maximum absolute atomic E-state index is 12.5. The van der Waals surface area contributed by atoms with Gasteiger partial charge in [-0.2, -0.15) is 0 Å². The number of hydrogen-bond acceptors (Lipinski definition) is 3. The molecule has 4 amide bonds. The van der Waals surface area contributed by atoms with Crippen LogP contribution in [-0.2, 0) is 9.59 Å². The number of nitrogens with one attached hydrogen (secondary N) is 1. The van der Waals surface area contributed by atoms with Crippen molar-refractivity contribution in [2.45, 2.75) is 52.4 Å². The largest absolute Gasteiger partial charge is 0.326 e. The maximum Gasteiger partial charge on any atom is 0.326 e. The summed E-state index contributed by atoms with van der Waals surface area (Å²) in [6, 6.07) is 5.83. The first-order valence-electron chi connectivity index (χ1n) is 9.20. The molecule has 26 heavy (non-hydrogen) atoms. The Balaban J connectivity index is 2.00. The van der Waals surface area contributed by atoms with Crippen molar-refractivity contribution < 1.29 is 14.4 Å². The number of rotatable bonds is 7. The molecule has 1 N–H and O–H groups in total. The lowest BCUT2D eigenvalue weighted by molar-refractivity contribution is -0.125. The first-order chi connectivity index (χ1) is 12.2. The molecule has 6 nitrogen and oxygen atoms in total. The van der Waals surface area contributed by atoms with Crippen LogP contribution in [0.1, 0.15) is 63.5 Å². The van der Waals surface area contributed by atoms with Crippen molar-refractivity contribution >= 4 is 23.5 Å². The van der Waals surface area contributed by atoms with E-state index in [4.69, 9.17) is 0 Å². The molecule has 1 heterocycles. The zero-order chi connectivity index (χ0) is 19.4. The van der Waals surface area contributed by atoms with E-state index in [1.165, 1.54) is 9.80 Å². The third-order valence-corrected chi connectivity index (χ3v) is 4.65. The number of hydrogen-bond donors (Lipinski definition) is 1. The highest BCUT2D eigenvalue weighted by Crippen LogP contribution is 2.32. The summed E-state index contributed by atoms with van der Waals surface area (Å²) in [5.74, 6) is 0.316. The van der Waals surface area contributed by atoms with Crippen molar-refractivity contribution in [2.75, 3.05) is 25.5 Å². The third-order valence-electron chi connectivity index (χ3n) is 4.65. The zero-order valence-electron chi connectivity index (χ0n) is 16.3. The fraction of sp³-hybridized carbons (Fsp3) is 0.550. The highest BCUT2D eigenvalue weighted by Gasteiger charge is 2.32. The molecule has 6 heteroatoms. The summed E-state index contributed by atoms with van der Waals surface area (Å²) in [4.78, 5) is 38.7. The van der Waals surface area contributed by atoms with E-state index in [0.717, 1.165) is 16.8 Å². The number of likely N-dealkylation sites (N-methyl/N-ethyl adjacent to an activating group) is 1. The van der Waals surface area contributed by atoms with E-state index in [-0.39, 0.29) is 37.4 Å². The molecule has 0 radical (unpaired) electrons. The summed E-state index contributed by atoms with van der Waals surface area (Å²) >= 11 is 0. The van der Waals surface area contributed by atoms with Crippen LogP contribution >= 0.6 is 0 Å². The first-order valence-corrected chi connectivity index (χ1v) is 9.20. The van der Waals surface area contributed by atoms with E-state index >= 15 is 0 Å². The minimum absolute atomic E-state index is 0.0903. The molecule has 0 bridgehead atoms. The maximum atomic E-state index is 12.5. The third kappa shape index (κ3) is 4.42. The lowest BCUT2D eigenvalue weighted by Gasteiger charge is -2.20. The van der Waals surface area contributed by atoms with Crippen LogP contribution in [0.2, 0.25) is 0 Å². The molecule has 0 aromatic heterocycles. The second kappa shape index (κ2) is 8.34. The number of anilines is 1. The molecule has 1 aromatic rings. The second-order valence-electron chi connectivity index (χ2n) is 7.46. The molecule has 1 aliphatic heterocycles. The molecule has 1 aromatic carbocycles. The number of para-hydroxylation sites is 1. The minimum Gasteiger partial charge on any atom is -0.326 e. The van der Waals surface area contributed by atoms with Gasteiger partial charge in [0.1, 0.15) is 6.54 Å². The smallest absolute Gasteiger partial charge is 0.326 e. The topological polar surface area (TPSA) is 69.7 Å². The Morgan fingerprint density at radius 2 is 1.69 bits per heavy atom. The SMILES string of the molecule is CC(C)c1cccc(C(C)C)c1NC(=O)CCCN1C(=O)CN(C)C1=O. The predicted molar refractivity (Wildman–Crippen MR) is 102 cm³/mol. The van der Waals surface area contributed by atoms with Gasteiger partial charge in [-0.25, -0.2) is 4.79 Å². The van der Waals surface area contributed by atoms with Crippen molar-refractivity contribution in [2.24, 2.45) is 0 Å². The number of nitrogens with zero attached hydrogens (tertiary/aromatic N) is 2. The van der Waals surface area contributed by atoms with Gasteiger partial charge in [0.15, 0.2) is 0 Å². The monoisotopic (exact) mass is 359 g/mol. The van der Waals surface area contributed by atoms with Crippen LogP contribution in [0.25, 0.3) is 0 Å². The van der Waals surface area contributed by atoms with Crippen molar-refractivity contribution in [3.63, 3.8) is 0 Å². The van der Waals surface area contributed by atoms with Crippen molar-refractivity contribution in [3.8, 4) is 0 Å². The van der Waals surface area contributed by atoms with Crippen molar-refractivity contribution in [3.05, 3.63) is 29.3 Å². The van der Waals surface area contributed by atoms with E-state index in [0.29, 0.717) is 18.3 Å². The van der Waals surface area contributed by atoms with E-state index in [2.05, 4.69) is 33.0 Å². The van der Waals surface area contributed by atoms with E-state index in [1.54, 1.807) is 7.05 Å². The average molecular weight is 359 g/mol. The van der Waals surface area contributed by atoms with Gasteiger partial charge >= 0.3 is 6.03 Å². The molecule has 142 valence electrons. The number of amides is 4. The normalized spacial score (nSPS) is 14.7. The fourth-order valence-corrected chi connectivity index (χ4v) is 3.18. The molecule has 0 aliphatic carbocycles.